The van der Waals surface area contributed by atoms with E-state index in [1.54, 1.807) is 11.3 Å². The minimum atomic E-state index is 0.272. The zero-order valence-electron chi connectivity index (χ0n) is 11.4. The largest absolute Gasteiger partial charge is 0.368 e. The number of rotatable bonds is 2. The molecule has 4 nitrogen and oxygen atoms in total. The van der Waals surface area contributed by atoms with Crippen molar-refractivity contribution in [1.29, 1.82) is 0 Å². The summed E-state index contributed by atoms with van der Waals surface area (Å²) in [5, 5.41) is 4.44. The highest BCUT2D eigenvalue weighted by molar-refractivity contribution is 9.10. The number of nitrogen functional groups attached to an aromatic ring is 1. The van der Waals surface area contributed by atoms with Gasteiger partial charge in [-0.1, -0.05) is 40.2 Å². The first-order valence-corrected chi connectivity index (χ1v) is 8.29. The van der Waals surface area contributed by atoms with Crippen molar-refractivity contribution in [2.24, 2.45) is 0 Å². The van der Waals surface area contributed by atoms with Gasteiger partial charge in [0.2, 0.25) is 5.95 Å². The molecule has 2 aromatic heterocycles. The van der Waals surface area contributed by atoms with E-state index in [2.05, 4.69) is 43.3 Å². The summed E-state index contributed by atoms with van der Waals surface area (Å²) < 4.78 is 3.19. The number of nitrogens with zero attached hydrogens (tertiary/aromatic N) is 2. The fourth-order valence-corrected chi connectivity index (χ4v) is 3.88. The summed E-state index contributed by atoms with van der Waals surface area (Å²) in [6.45, 7) is 0. The molecule has 0 aliphatic carbocycles. The smallest absolute Gasteiger partial charge is 0.222 e. The Morgan fingerprint density at radius 2 is 1.91 bits per heavy atom. The topological polar surface area (TPSA) is 63.8 Å². The van der Waals surface area contributed by atoms with Crippen LogP contribution >= 0.6 is 27.3 Å². The Hall–Kier alpha value is -2.18. The van der Waals surface area contributed by atoms with Crippen LogP contribution in [0.1, 0.15) is 0 Å². The van der Waals surface area contributed by atoms with Crippen LogP contribution in [0.5, 0.6) is 0 Å². The summed E-state index contributed by atoms with van der Waals surface area (Å²) >= 11 is 5.14. The van der Waals surface area contributed by atoms with Crippen molar-refractivity contribution in [2.75, 3.05) is 11.1 Å². The molecular weight excluding hydrogens is 360 g/mol. The molecule has 22 heavy (non-hydrogen) atoms. The Bertz CT molecular complexity index is 996. The van der Waals surface area contributed by atoms with Crippen molar-refractivity contribution >= 4 is 65.0 Å². The summed E-state index contributed by atoms with van der Waals surface area (Å²) in [5.41, 5.74) is 7.74. The fourth-order valence-electron chi connectivity index (χ4n) is 2.40. The third kappa shape index (κ3) is 2.30. The van der Waals surface area contributed by atoms with Crippen LogP contribution in [0, 0.1) is 0 Å². The number of halogens is 1. The number of aromatic nitrogens is 2. The standard InChI is InChI=1S/C16H11BrN4S/c17-9-4-3-5-10(8-9)19-15-14-13(20-16(18)21-15)11-6-1-2-7-12(11)22-14/h1-8H,(H3,18,19,20,21). The molecule has 0 aliphatic rings. The van der Waals surface area contributed by atoms with Gasteiger partial charge in [0.05, 0.1) is 10.2 Å². The molecule has 0 aliphatic heterocycles. The van der Waals surface area contributed by atoms with Crippen molar-refractivity contribution < 1.29 is 0 Å². The lowest BCUT2D eigenvalue weighted by atomic mass is 10.2. The number of hydrogen-bond donors (Lipinski definition) is 2. The molecule has 0 unspecified atom stereocenters. The first-order chi connectivity index (χ1) is 10.7. The van der Waals surface area contributed by atoms with Gasteiger partial charge >= 0.3 is 0 Å². The molecule has 0 spiro atoms. The van der Waals surface area contributed by atoms with E-state index in [0.717, 1.165) is 31.6 Å². The second-order valence-corrected chi connectivity index (χ2v) is 6.81. The molecule has 0 saturated carbocycles. The van der Waals surface area contributed by atoms with Gasteiger partial charge in [-0.05, 0) is 24.3 Å². The number of thiophene rings is 1. The average Bonchev–Trinajstić information content (AvgIpc) is 2.86. The van der Waals surface area contributed by atoms with Crippen LogP contribution in [-0.2, 0) is 0 Å². The fraction of sp³-hybridized carbons (Fsp3) is 0. The Kier molecular flexibility index (Phi) is 3.20. The van der Waals surface area contributed by atoms with Crippen molar-refractivity contribution in [2.45, 2.75) is 0 Å². The summed E-state index contributed by atoms with van der Waals surface area (Å²) in [5.74, 6) is 1.01. The molecule has 3 N–H and O–H groups in total. The Morgan fingerprint density at radius 1 is 1.05 bits per heavy atom. The first kappa shape index (κ1) is 13.5. The highest BCUT2D eigenvalue weighted by Crippen LogP contribution is 2.37. The lowest BCUT2D eigenvalue weighted by Crippen LogP contribution is -2.00. The number of nitrogens with one attached hydrogen (secondary N) is 1. The third-order valence-corrected chi connectivity index (χ3v) is 4.98. The lowest BCUT2D eigenvalue weighted by Gasteiger charge is -2.07. The molecule has 4 aromatic rings. The zero-order chi connectivity index (χ0) is 15.1. The van der Waals surface area contributed by atoms with Crippen LogP contribution in [0.4, 0.5) is 17.5 Å². The van der Waals surface area contributed by atoms with Gasteiger partial charge in [0.25, 0.3) is 0 Å². The second-order valence-electron chi connectivity index (χ2n) is 4.84. The maximum absolute atomic E-state index is 5.89. The van der Waals surface area contributed by atoms with Crippen LogP contribution in [0.25, 0.3) is 20.3 Å². The van der Waals surface area contributed by atoms with E-state index in [0.29, 0.717) is 0 Å². The van der Waals surface area contributed by atoms with Crippen molar-refractivity contribution in [1.82, 2.24) is 9.97 Å². The third-order valence-electron chi connectivity index (χ3n) is 3.32. The Balaban J connectivity index is 1.93. The molecule has 4 rings (SSSR count). The monoisotopic (exact) mass is 370 g/mol. The Morgan fingerprint density at radius 3 is 2.77 bits per heavy atom. The lowest BCUT2D eigenvalue weighted by molar-refractivity contribution is 1.24. The molecule has 0 amide bonds. The predicted molar refractivity (Wildman–Crippen MR) is 96.8 cm³/mol. The summed E-state index contributed by atoms with van der Waals surface area (Å²) in [6.07, 6.45) is 0. The van der Waals surface area contributed by atoms with Gasteiger partial charge in [0.1, 0.15) is 0 Å². The van der Waals surface area contributed by atoms with E-state index >= 15 is 0 Å². The van der Waals surface area contributed by atoms with Gasteiger partial charge < -0.3 is 11.1 Å². The Labute approximate surface area is 139 Å². The van der Waals surface area contributed by atoms with Crippen LogP contribution in [0.15, 0.2) is 53.0 Å². The molecule has 0 saturated heterocycles. The molecule has 0 bridgehead atoms. The van der Waals surface area contributed by atoms with Crippen molar-refractivity contribution in [3.05, 3.63) is 53.0 Å². The predicted octanol–water partition coefficient (Wildman–Crippen LogP) is 4.93. The van der Waals surface area contributed by atoms with Crippen LogP contribution < -0.4 is 11.1 Å². The van der Waals surface area contributed by atoms with Crippen LogP contribution in [-0.4, -0.2) is 9.97 Å². The zero-order valence-corrected chi connectivity index (χ0v) is 13.8. The number of fused-ring (bicyclic) bond motifs is 3. The van der Waals surface area contributed by atoms with E-state index in [4.69, 9.17) is 5.73 Å². The van der Waals surface area contributed by atoms with E-state index in [-0.39, 0.29) is 5.95 Å². The van der Waals surface area contributed by atoms with Crippen LogP contribution in [0.3, 0.4) is 0 Å². The van der Waals surface area contributed by atoms with Gasteiger partial charge in [0, 0.05) is 20.2 Å². The van der Waals surface area contributed by atoms with Gasteiger partial charge in [-0.2, -0.15) is 4.98 Å². The molecule has 2 heterocycles. The van der Waals surface area contributed by atoms with E-state index in [9.17, 15) is 0 Å². The van der Waals surface area contributed by atoms with Crippen LogP contribution in [0.2, 0.25) is 0 Å². The maximum atomic E-state index is 5.89. The molecule has 0 radical (unpaired) electrons. The van der Waals surface area contributed by atoms with E-state index in [1.807, 2.05) is 36.4 Å². The summed E-state index contributed by atoms with van der Waals surface area (Å²) in [7, 11) is 0. The first-order valence-electron chi connectivity index (χ1n) is 6.68. The minimum absolute atomic E-state index is 0.272. The normalized spacial score (nSPS) is 11.1. The molecular formula is C16H11BrN4S. The molecule has 2 aromatic carbocycles. The number of benzene rings is 2. The minimum Gasteiger partial charge on any atom is -0.368 e. The van der Waals surface area contributed by atoms with E-state index < -0.39 is 0 Å². The highest BCUT2D eigenvalue weighted by atomic mass is 79.9. The summed E-state index contributed by atoms with van der Waals surface area (Å²) in [6, 6.07) is 16.1. The quantitative estimate of drug-likeness (QED) is 0.524. The molecule has 108 valence electrons. The van der Waals surface area contributed by atoms with Crippen molar-refractivity contribution in [3.63, 3.8) is 0 Å². The molecule has 0 fully saturated rings. The molecule has 0 atom stereocenters. The van der Waals surface area contributed by atoms with Gasteiger partial charge in [-0.25, -0.2) is 4.98 Å². The van der Waals surface area contributed by atoms with Crippen molar-refractivity contribution in [3.8, 4) is 0 Å². The molecule has 6 heteroatoms. The number of hydrogen-bond acceptors (Lipinski definition) is 5. The summed E-state index contributed by atoms with van der Waals surface area (Å²) in [4.78, 5) is 8.78. The maximum Gasteiger partial charge on any atom is 0.222 e. The van der Waals surface area contributed by atoms with Gasteiger partial charge in [-0.3, -0.25) is 0 Å². The van der Waals surface area contributed by atoms with E-state index in [1.165, 1.54) is 4.70 Å². The highest BCUT2D eigenvalue weighted by Gasteiger charge is 2.13. The van der Waals surface area contributed by atoms with Gasteiger partial charge in [-0.15, -0.1) is 11.3 Å². The SMILES string of the molecule is Nc1nc(Nc2cccc(Br)c2)c2sc3ccccc3c2n1. The van der Waals surface area contributed by atoms with Gasteiger partial charge in [0.15, 0.2) is 5.82 Å². The number of anilines is 3. The average molecular weight is 371 g/mol. The second kappa shape index (κ2) is 5.23. The number of nitrogens with two attached hydrogens (primary N) is 1.